The molecule has 2 aromatic carbocycles. The third-order valence-corrected chi connectivity index (χ3v) is 3.97. The Hall–Kier alpha value is -2.62. The van der Waals surface area contributed by atoms with Gasteiger partial charge in [0, 0.05) is 0 Å². The lowest BCUT2D eigenvalue weighted by atomic mass is 9.79. The van der Waals surface area contributed by atoms with Gasteiger partial charge < -0.3 is 5.32 Å². The Morgan fingerprint density at radius 1 is 0.810 bits per heavy atom. The molecule has 2 N–H and O–H groups in total. The zero-order valence-corrected chi connectivity index (χ0v) is 11.9. The first kappa shape index (κ1) is 13.4. The Kier molecular flexibility index (Phi) is 3.01. The molecule has 2 aromatic rings. The molecule has 0 spiro atoms. The largest absolute Gasteiger partial charge is 0.322 e. The van der Waals surface area contributed by atoms with Crippen LogP contribution in [0.4, 0.5) is 4.79 Å². The maximum atomic E-state index is 12.6. The molecule has 0 saturated carbocycles. The Bertz CT molecular complexity index is 692. The third kappa shape index (κ3) is 1.91. The molecule has 21 heavy (non-hydrogen) atoms. The van der Waals surface area contributed by atoms with Crippen molar-refractivity contribution in [2.45, 2.75) is 19.4 Å². The minimum atomic E-state index is -1.16. The van der Waals surface area contributed by atoms with Gasteiger partial charge in [-0.25, -0.2) is 4.79 Å². The van der Waals surface area contributed by atoms with Crippen LogP contribution in [0.15, 0.2) is 48.5 Å². The molecular formula is C17H16N2O2. The highest BCUT2D eigenvalue weighted by Gasteiger charge is 2.50. The molecule has 0 unspecified atom stereocenters. The Morgan fingerprint density at radius 2 is 1.29 bits per heavy atom. The van der Waals surface area contributed by atoms with E-state index >= 15 is 0 Å². The Morgan fingerprint density at radius 3 is 1.67 bits per heavy atom. The van der Waals surface area contributed by atoms with Crippen LogP contribution in [-0.4, -0.2) is 11.9 Å². The van der Waals surface area contributed by atoms with Crippen LogP contribution >= 0.6 is 0 Å². The molecule has 1 aliphatic rings. The molecular weight excluding hydrogens is 264 g/mol. The van der Waals surface area contributed by atoms with Crippen molar-refractivity contribution in [2.24, 2.45) is 0 Å². The smallest absolute Gasteiger partial charge is 0.316 e. The van der Waals surface area contributed by atoms with Gasteiger partial charge in [0.1, 0.15) is 0 Å². The van der Waals surface area contributed by atoms with E-state index in [-0.39, 0.29) is 5.91 Å². The first-order valence-electron chi connectivity index (χ1n) is 6.81. The fourth-order valence-corrected chi connectivity index (χ4v) is 2.97. The van der Waals surface area contributed by atoms with Gasteiger partial charge in [-0.15, -0.1) is 0 Å². The summed E-state index contributed by atoms with van der Waals surface area (Å²) in [6.07, 6.45) is 0. The van der Waals surface area contributed by atoms with Crippen molar-refractivity contribution in [2.75, 3.05) is 0 Å². The summed E-state index contributed by atoms with van der Waals surface area (Å²) in [6.45, 7) is 3.88. The monoisotopic (exact) mass is 280 g/mol. The highest BCUT2D eigenvalue weighted by Crippen LogP contribution is 2.36. The van der Waals surface area contributed by atoms with E-state index in [2.05, 4.69) is 10.6 Å². The second kappa shape index (κ2) is 4.74. The van der Waals surface area contributed by atoms with Crippen LogP contribution in [0.5, 0.6) is 0 Å². The molecule has 106 valence electrons. The lowest BCUT2D eigenvalue weighted by Gasteiger charge is -2.30. The maximum absolute atomic E-state index is 12.6. The first-order chi connectivity index (χ1) is 10.1. The van der Waals surface area contributed by atoms with Crippen LogP contribution in [0.1, 0.15) is 22.3 Å². The van der Waals surface area contributed by atoms with E-state index in [0.717, 1.165) is 22.3 Å². The molecule has 1 heterocycles. The molecule has 1 fully saturated rings. The summed E-state index contributed by atoms with van der Waals surface area (Å²) in [5.74, 6) is -0.337. The zero-order valence-electron chi connectivity index (χ0n) is 11.9. The van der Waals surface area contributed by atoms with Crippen LogP contribution in [0, 0.1) is 13.8 Å². The average molecular weight is 280 g/mol. The van der Waals surface area contributed by atoms with Crippen LogP contribution in [-0.2, 0) is 10.3 Å². The van der Waals surface area contributed by atoms with Gasteiger partial charge >= 0.3 is 6.03 Å². The van der Waals surface area contributed by atoms with Crippen molar-refractivity contribution < 1.29 is 9.59 Å². The van der Waals surface area contributed by atoms with Gasteiger partial charge in [-0.05, 0) is 36.1 Å². The van der Waals surface area contributed by atoms with Crippen molar-refractivity contribution in [3.05, 3.63) is 70.8 Å². The lowest BCUT2D eigenvalue weighted by Crippen LogP contribution is -2.46. The summed E-state index contributed by atoms with van der Waals surface area (Å²) in [5.41, 5.74) is 2.34. The summed E-state index contributed by atoms with van der Waals surface area (Å²) in [6, 6.07) is 14.8. The predicted molar refractivity (Wildman–Crippen MR) is 79.8 cm³/mol. The van der Waals surface area contributed by atoms with E-state index < -0.39 is 11.6 Å². The SMILES string of the molecule is Cc1ccccc1C1(c2ccccc2C)NC(=O)NC1=O. The van der Waals surface area contributed by atoms with E-state index in [1.807, 2.05) is 62.4 Å². The number of carbonyl (C=O) groups is 2. The maximum Gasteiger partial charge on any atom is 0.322 e. The van der Waals surface area contributed by atoms with E-state index in [0.29, 0.717) is 0 Å². The van der Waals surface area contributed by atoms with E-state index in [1.54, 1.807) is 0 Å². The Labute approximate surface area is 123 Å². The molecule has 1 saturated heterocycles. The van der Waals surface area contributed by atoms with Gasteiger partial charge in [-0.3, -0.25) is 10.1 Å². The summed E-state index contributed by atoms with van der Waals surface area (Å²) >= 11 is 0. The van der Waals surface area contributed by atoms with Gasteiger partial charge in [0.15, 0.2) is 5.54 Å². The van der Waals surface area contributed by atoms with Gasteiger partial charge in [0.2, 0.25) is 0 Å². The predicted octanol–water partition coefficient (Wildman–Crippen LogP) is 2.39. The number of aryl methyl sites for hydroxylation is 2. The molecule has 0 radical (unpaired) electrons. The number of hydrogen-bond donors (Lipinski definition) is 2. The minimum absolute atomic E-state index is 0.337. The average Bonchev–Trinajstić information content (AvgIpc) is 2.75. The molecule has 4 nitrogen and oxygen atoms in total. The van der Waals surface area contributed by atoms with Crippen molar-refractivity contribution >= 4 is 11.9 Å². The van der Waals surface area contributed by atoms with Gasteiger partial charge in [-0.2, -0.15) is 0 Å². The fourth-order valence-electron chi connectivity index (χ4n) is 2.97. The number of rotatable bonds is 2. The zero-order chi connectivity index (χ0) is 15.0. The molecule has 0 aromatic heterocycles. The van der Waals surface area contributed by atoms with Crippen molar-refractivity contribution in [3.8, 4) is 0 Å². The number of urea groups is 1. The van der Waals surface area contributed by atoms with Crippen molar-refractivity contribution in [1.29, 1.82) is 0 Å². The van der Waals surface area contributed by atoms with Crippen LogP contribution in [0.3, 0.4) is 0 Å². The summed E-state index contributed by atoms with van der Waals surface area (Å²) in [4.78, 5) is 24.4. The molecule has 0 bridgehead atoms. The van der Waals surface area contributed by atoms with Crippen molar-refractivity contribution in [3.63, 3.8) is 0 Å². The molecule has 4 heteroatoms. The molecule has 3 amide bonds. The first-order valence-corrected chi connectivity index (χ1v) is 6.81. The van der Waals surface area contributed by atoms with Crippen LogP contribution < -0.4 is 10.6 Å². The molecule has 1 aliphatic heterocycles. The normalized spacial score (nSPS) is 16.5. The fraction of sp³-hybridized carbons (Fsp3) is 0.176. The number of benzene rings is 2. The summed E-state index contributed by atoms with van der Waals surface area (Å²) < 4.78 is 0. The van der Waals surface area contributed by atoms with Crippen molar-refractivity contribution in [1.82, 2.24) is 10.6 Å². The minimum Gasteiger partial charge on any atom is -0.316 e. The van der Waals surface area contributed by atoms with E-state index in [9.17, 15) is 9.59 Å². The molecule has 3 rings (SSSR count). The van der Waals surface area contributed by atoms with E-state index in [1.165, 1.54) is 0 Å². The number of hydrogen-bond acceptors (Lipinski definition) is 2. The summed E-state index contributed by atoms with van der Waals surface area (Å²) in [5, 5.41) is 5.20. The lowest BCUT2D eigenvalue weighted by molar-refractivity contribution is -0.122. The highest BCUT2D eigenvalue weighted by molar-refractivity contribution is 6.09. The van der Waals surface area contributed by atoms with Crippen LogP contribution in [0.2, 0.25) is 0 Å². The summed E-state index contributed by atoms with van der Waals surface area (Å²) in [7, 11) is 0. The van der Waals surface area contributed by atoms with Gasteiger partial charge in [0.25, 0.3) is 5.91 Å². The number of carbonyl (C=O) groups excluding carboxylic acids is 2. The molecule has 0 aliphatic carbocycles. The standard InChI is InChI=1S/C17H16N2O2/c1-11-7-3-5-9-13(11)17(15(20)18-16(21)19-17)14-10-6-4-8-12(14)2/h3-10H,1-2H3,(H2,18,19,20,21). The number of amides is 3. The van der Waals surface area contributed by atoms with E-state index in [4.69, 9.17) is 0 Å². The van der Waals surface area contributed by atoms with Gasteiger partial charge in [-0.1, -0.05) is 48.5 Å². The highest BCUT2D eigenvalue weighted by atomic mass is 16.2. The molecule has 0 atom stereocenters. The van der Waals surface area contributed by atoms with Gasteiger partial charge in [0.05, 0.1) is 0 Å². The number of nitrogens with one attached hydrogen (secondary N) is 2. The van der Waals surface area contributed by atoms with Crippen LogP contribution in [0.25, 0.3) is 0 Å². The number of imide groups is 1. The Balaban J connectivity index is 2.33. The quantitative estimate of drug-likeness (QED) is 0.830. The second-order valence-corrected chi connectivity index (χ2v) is 5.29. The second-order valence-electron chi connectivity index (χ2n) is 5.29. The third-order valence-electron chi connectivity index (χ3n) is 3.97. The topological polar surface area (TPSA) is 58.2 Å².